The standard InChI is InChI=1S/C17H18N2O5S/c1-4-18(16-8-6-5-7-12(16)2)17(20)13-9-14(19(21)22)11-15(10-13)25(3,23)24/h5-11H,4H2,1-3H3. The van der Waals surface area contributed by atoms with Gasteiger partial charge in [-0.05, 0) is 31.5 Å². The van der Waals surface area contributed by atoms with Crippen molar-refractivity contribution in [1.82, 2.24) is 0 Å². The molecule has 8 heteroatoms. The van der Waals surface area contributed by atoms with Gasteiger partial charge in [-0.15, -0.1) is 0 Å². The zero-order chi connectivity index (χ0) is 18.8. The van der Waals surface area contributed by atoms with Crippen LogP contribution in [0.1, 0.15) is 22.8 Å². The third kappa shape index (κ3) is 4.03. The number of aryl methyl sites for hydroxylation is 1. The molecule has 0 spiro atoms. The summed E-state index contributed by atoms with van der Waals surface area (Å²) < 4.78 is 23.6. The maximum atomic E-state index is 12.9. The van der Waals surface area contributed by atoms with Crippen molar-refractivity contribution in [2.24, 2.45) is 0 Å². The molecule has 0 saturated carbocycles. The fourth-order valence-electron chi connectivity index (χ4n) is 2.47. The van der Waals surface area contributed by atoms with Crippen molar-refractivity contribution in [3.8, 4) is 0 Å². The summed E-state index contributed by atoms with van der Waals surface area (Å²) in [5, 5.41) is 11.1. The molecule has 2 rings (SSSR count). The fraction of sp³-hybridized carbons (Fsp3) is 0.235. The van der Waals surface area contributed by atoms with Gasteiger partial charge in [0.05, 0.1) is 9.82 Å². The number of nitro benzene ring substituents is 1. The zero-order valence-electron chi connectivity index (χ0n) is 14.1. The Morgan fingerprint density at radius 2 is 1.84 bits per heavy atom. The van der Waals surface area contributed by atoms with Crippen LogP contribution < -0.4 is 4.90 Å². The number of benzene rings is 2. The first-order valence-corrected chi connectivity index (χ1v) is 9.41. The van der Waals surface area contributed by atoms with Crippen molar-refractivity contribution in [1.29, 1.82) is 0 Å². The molecule has 0 radical (unpaired) electrons. The molecule has 132 valence electrons. The molecule has 0 atom stereocenters. The van der Waals surface area contributed by atoms with Crippen molar-refractivity contribution < 1.29 is 18.1 Å². The van der Waals surface area contributed by atoms with E-state index in [2.05, 4.69) is 0 Å². The number of hydrogen-bond donors (Lipinski definition) is 0. The molecule has 0 aliphatic rings. The smallest absolute Gasteiger partial charge is 0.271 e. The molecule has 0 aliphatic carbocycles. The van der Waals surface area contributed by atoms with Crippen LogP contribution in [0, 0.1) is 17.0 Å². The molecule has 25 heavy (non-hydrogen) atoms. The quantitative estimate of drug-likeness (QED) is 0.601. The second-order valence-electron chi connectivity index (χ2n) is 5.58. The predicted octanol–water partition coefficient (Wildman–Crippen LogP) is 2.97. The van der Waals surface area contributed by atoms with Gasteiger partial charge in [-0.2, -0.15) is 0 Å². The van der Waals surface area contributed by atoms with Crippen LogP contribution in [-0.2, 0) is 9.84 Å². The number of non-ortho nitro benzene ring substituents is 1. The molecule has 0 fully saturated rings. The SMILES string of the molecule is CCN(C(=O)c1cc([N+](=O)[O-])cc(S(C)(=O)=O)c1)c1ccccc1C. The summed E-state index contributed by atoms with van der Waals surface area (Å²) in [5.41, 5.74) is 1.06. The van der Waals surface area contributed by atoms with Gasteiger partial charge in [-0.1, -0.05) is 18.2 Å². The number of hydrogen-bond acceptors (Lipinski definition) is 5. The third-order valence-corrected chi connectivity index (χ3v) is 4.84. The van der Waals surface area contributed by atoms with E-state index in [4.69, 9.17) is 0 Å². The van der Waals surface area contributed by atoms with Crippen LogP contribution in [0.4, 0.5) is 11.4 Å². The molecule has 2 aromatic carbocycles. The summed E-state index contributed by atoms with van der Waals surface area (Å²) in [7, 11) is -3.70. The minimum Gasteiger partial charge on any atom is -0.308 e. The van der Waals surface area contributed by atoms with E-state index in [9.17, 15) is 23.3 Å². The first-order chi connectivity index (χ1) is 11.6. The number of para-hydroxylation sites is 1. The minimum atomic E-state index is -3.70. The maximum Gasteiger partial charge on any atom is 0.271 e. The molecule has 0 aliphatic heterocycles. The molecule has 0 unspecified atom stereocenters. The number of nitrogens with zero attached hydrogens (tertiary/aromatic N) is 2. The van der Waals surface area contributed by atoms with Gasteiger partial charge in [0.15, 0.2) is 9.84 Å². The number of carbonyl (C=O) groups is 1. The van der Waals surface area contributed by atoms with Crippen molar-refractivity contribution in [2.75, 3.05) is 17.7 Å². The van der Waals surface area contributed by atoms with E-state index >= 15 is 0 Å². The van der Waals surface area contributed by atoms with E-state index in [0.717, 1.165) is 24.0 Å². The lowest BCUT2D eigenvalue weighted by Gasteiger charge is -2.23. The molecular weight excluding hydrogens is 344 g/mol. The Bertz CT molecular complexity index is 938. The molecule has 0 N–H and O–H groups in total. The second kappa shape index (κ2) is 7.02. The largest absolute Gasteiger partial charge is 0.308 e. The van der Waals surface area contributed by atoms with Gasteiger partial charge in [0.1, 0.15) is 0 Å². The molecule has 0 aromatic heterocycles. The van der Waals surface area contributed by atoms with Crippen LogP contribution >= 0.6 is 0 Å². The van der Waals surface area contributed by atoms with E-state index < -0.39 is 26.4 Å². The lowest BCUT2D eigenvalue weighted by Crippen LogP contribution is -2.31. The summed E-state index contributed by atoms with van der Waals surface area (Å²) in [6.45, 7) is 3.96. The normalized spacial score (nSPS) is 11.2. The van der Waals surface area contributed by atoms with Crippen LogP contribution in [0.25, 0.3) is 0 Å². The Hall–Kier alpha value is -2.74. The number of carbonyl (C=O) groups excluding carboxylic acids is 1. The van der Waals surface area contributed by atoms with Gasteiger partial charge in [-0.25, -0.2) is 8.42 Å². The molecule has 1 amide bonds. The molecule has 7 nitrogen and oxygen atoms in total. The van der Waals surface area contributed by atoms with Crippen molar-refractivity contribution in [3.63, 3.8) is 0 Å². The summed E-state index contributed by atoms with van der Waals surface area (Å²) in [6, 6.07) is 10.5. The second-order valence-corrected chi connectivity index (χ2v) is 7.60. The van der Waals surface area contributed by atoms with Gasteiger partial charge in [-0.3, -0.25) is 14.9 Å². The minimum absolute atomic E-state index is 0.0419. The summed E-state index contributed by atoms with van der Waals surface area (Å²) in [5.74, 6) is -0.495. The maximum absolute atomic E-state index is 12.9. The number of amides is 1. The molecule has 2 aromatic rings. The highest BCUT2D eigenvalue weighted by Gasteiger charge is 2.23. The Labute approximate surface area is 146 Å². The number of nitro groups is 1. The first kappa shape index (κ1) is 18.6. The van der Waals surface area contributed by atoms with Crippen LogP contribution in [0.3, 0.4) is 0 Å². The summed E-state index contributed by atoms with van der Waals surface area (Å²) >= 11 is 0. The van der Waals surface area contributed by atoms with E-state index in [0.29, 0.717) is 12.2 Å². The van der Waals surface area contributed by atoms with E-state index in [1.165, 1.54) is 11.0 Å². The van der Waals surface area contributed by atoms with E-state index in [-0.39, 0.29) is 10.5 Å². The van der Waals surface area contributed by atoms with Crippen molar-refractivity contribution in [2.45, 2.75) is 18.7 Å². The number of anilines is 1. The summed E-state index contributed by atoms with van der Waals surface area (Å²) in [4.78, 5) is 24.5. The highest BCUT2D eigenvalue weighted by molar-refractivity contribution is 7.90. The van der Waals surface area contributed by atoms with Gasteiger partial charge >= 0.3 is 0 Å². The monoisotopic (exact) mass is 362 g/mol. The lowest BCUT2D eigenvalue weighted by atomic mass is 10.1. The third-order valence-electron chi connectivity index (χ3n) is 3.74. The van der Waals surface area contributed by atoms with Gasteiger partial charge < -0.3 is 4.90 Å². The zero-order valence-corrected chi connectivity index (χ0v) is 14.9. The van der Waals surface area contributed by atoms with Gasteiger partial charge in [0.2, 0.25) is 0 Å². The molecule has 0 saturated heterocycles. The van der Waals surface area contributed by atoms with Crippen molar-refractivity contribution in [3.05, 3.63) is 63.7 Å². The molecule has 0 bridgehead atoms. The van der Waals surface area contributed by atoms with Crippen LogP contribution in [0.5, 0.6) is 0 Å². The molecule has 0 heterocycles. The lowest BCUT2D eigenvalue weighted by molar-refractivity contribution is -0.385. The van der Waals surface area contributed by atoms with Crippen molar-refractivity contribution >= 4 is 27.1 Å². The number of sulfone groups is 1. The summed E-state index contributed by atoms with van der Waals surface area (Å²) in [6.07, 6.45) is 0.944. The first-order valence-electron chi connectivity index (χ1n) is 7.52. The Kier molecular flexibility index (Phi) is 5.22. The average Bonchev–Trinajstić information content (AvgIpc) is 2.55. The van der Waals surface area contributed by atoms with E-state index in [1.807, 2.05) is 19.1 Å². The van der Waals surface area contributed by atoms with Crippen LogP contribution in [0.2, 0.25) is 0 Å². The topological polar surface area (TPSA) is 97.6 Å². The Morgan fingerprint density at radius 1 is 1.20 bits per heavy atom. The van der Waals surface area contributed by atoms with Crippen LogP contribution in [-0.4, -0.2) is 32.0 Å². The fourth-order valence-corrected chi connectivity index (χ4v) is 3.15. The van der Waals surface area contributed by atoms with Crippen LogP contribution in [0.15, 0.2) is 47.4 Å². The Morgan fingerprint density at radius 3 is 2.36 bits per heavy atom. The van der Waals surface area contributed by atoms with Gasteiger partial charge in [0, 0.05) is 36.2 Å². The van der Waals surface area contributed by atoms with E-state index in [1.54, 1.807) is 19.1 Å². The Balaban J connectivity index is 2.59. The number of rotatable bonds is 5. The average molecular weight is 362 g/mol. The van der Waals surface area contributed by atoms with Gasteiger partial charge in [0.25, 0.3) is 11.6 Å². The highest BCUT2D eigenvalue weighted by atomic mass is 32.2. The molecular formula is C17H18N2O5S. The predicted molar refractivity (Wildman–Crippen MR) is 94.7 cm³/mol. The highest BCUT2D eigenvalue weighted by Crippen LogP contribution is 2.25.